The molecule has 0 amide bonds. The molecule has 0 aromatic heterocycles. The highest BCUT2D eigenvalue weighted by Gasteiger charge is 2.28. The molecule has 0 radical (unpaired) electrons. The zero-order valence-corrected chi connectivity index (χ0v) is 16.1. The number of aliphatic imine (C=N–C) groups is 1. The Morgan fingerprint density at radius 1 is 1.11 bits per heavy atom. The van der Waals surface area contributed by atoms with E-state index in [2.05, 4.69) is 69.8 Å². The maximum Gasteiger partial charge on any atom is 0.193 e. The summed E-state index contributed by atoms with van der Waals surface area (Å²) < 4.78 is 6.14. The van der Waals surface area contributed by atoms with Gasteiger partial charge in [0.2, 0.25) is 0 Å². The molecule has 4 rings (SSSR count). The maximum atomic E-state index is 6.14. The second-order valence-electron chi connectivity index (χ2n) is 7.47. The number of guanidine groups is 1. The fraction of sp³-hybridized carbons (Fsp3) is 0.435. The zero-order valence-electron chi connectivity index (χ0n) is 16.1. The van der Waals surface area contributed by atoms with Crippen LogP contribution in [0.4, 0.5) is 0 Å². The third kappa shape index (κ3) is 4.16. The molecule has 2 unspecified atom stereocenters. The largest absolute Gasteiger partial charge is 0.373 e. The lowest BCUT2D eigenvalue weighted by Crippen LogP contribution is -2.46. The molecule has 1 fully saturated rings. The highest BCUT2D eigenvalue weighted by Crippen LogP contribution is 2.33. The number of nitrogens with one attached hydrogen (secondary N) is 1. The van der Waals surface area contributed by atoms with Crippen LogP contribution in [-0.4, -0.2) is 37.6 Å². The molecule has 2 aliphatic heterocycles. The van der Waals surface area contributed by atoms with Gasteiger partial charge in [-0.05, 0) is 36.0 Å². The molecule has 2 aromatic carbocycles. The summed E-state index contributed by atoms with van der Waals surface area (Å²) in [4.78, 5) is 6.92. The predicted octanol–water partition coefficient (Wildman–Crippen LogP) is 3.79. The van der Waals surface area contributed by atoms with Crippen LogP contribution >= 0.6 is 0 Å². The van der Waals surface area contributed by atoms with E-state index in [4.69, 9.17) is 4.74 Å². The molecule has 1 saturated heterocycles. The van der Waals surface area contributed by atoms with E-state index in [1.54, 1.807) is 0 Å². The van der Waals surface area contributed by atoms with Gasteiger partial charge < -0.3 is 15.0 Å². The van der Waals surface area contributed by atoms with Crippen molar-refractivity contribution in [1.29, 1.82) is 0 Å². The molecule has 27 heavy (non-hydrogen) atoms. The van der Waals surface area contributed by atoms with Crippen molar-refractivity contribution in [2.45, 2.75) is 31.9 Å². The van der Waals surface area contributed by atoms with Crippen LogP contribution in [0, 0.1) is 5.92 Å². The second-order valence-corrected chi connectivity index (χ2v) is 7.47. The van der Waals surface area contributed by atoms with Crippen LogP contribution in [-0.2, 0) is 17.7 Å². The summed E-state index contributed by atoms with van der Waals surface area (Å²) in [6.45, 7) is 3.69. The molecule has 0 aliphatic carbocycles. The summed E-state index contributed by atoms with van der Waals surface area (Å²) in [5, 5.41) is 3.64. The van der Waals surface area contributed by atoms with Gasteiger partial charge in [0.25, 0.3) is 0 Å². The molecule has 142 valence electrons. The smallest absolute Gasteiger partial charge is 0.193 e. The first-order valence-electron chi connectivity index (χ1n) is 10.0. The molecular formula is C23H29N3O. The highest BCUT2D eigenvalue weighted by atomic mass is 16.5. The quantitative estimate of drug-likeness (QED) is 0.666. The molecule has 1 N–H and O–H groups in total. The van der Waals surface area contributed by atoms with Crippen molar-refractivity contribution < 1.29 is 4.74 Å². The number of benzene rings is 2. The Hall–Kier alpha value is -2.33. The molecule has 0 bridgehead atoms. The Morgan fingerprint density at radius 2 is 1.89 bits per heavy atom. The van der Waals surface area contributed by atoms with E-state index >= 15 is 0 Å². The molecule has 2 heterocycles. The van der Waals surface area contributed by atoms with Crippen LogP contribution in [0.1, 0.15) is 35.6 Å². The second kappa shape index (κ2) is 8.57. The molecular weight excluding hydrogens is 334 g/mol. The van der Waals surface area contributed by atoms with Gasteiger partial charge in [0.15, 0.2) is 5.96 Å². The summed E-state index contributed by atoms with van der Waals surface area (Å²) in [6, 6.07) is 19.4. The maximum absolute atomic E-state index is 6.14. The van der Waals surface area contributed by atoms with Crippen molar-refractivity contribution in [3.8, 4) is 0 Å². The first-order chi connectivity index (χ1) is 13.3. The van der Waals surface area contributed by atoms with Crippen molar-refractivity contribution in [3.63, 3.8) is 0 Å². The number of rotatable bonds is 3. The summed E-state index contributed by atoms with van der Waals surface area (Å²) in [5.41, 5.74) is 4.16. The van der Waals surface area contributed by atoms with Gasteiger partial charge >= 0.3 is 0 Å². The minimum absolute atomic E-state index is 0.174. The average Bonchev–Trinajstić information content (AvgIpc) is 2.75. The Bertz CT molecular complexity index is 774. The number of hydrogen-bond donors (Lipinski definition) is 1. The SMILES string of the molecule is CN=C(NCC1CCCOC1c1ccccc1)N1CCc2ccccc2C1. The minimum atomic E-state index is 0.174. The van der Waals surface area contributed by atoms with Crippen molar-refractivity contribution in [1.82, 2.24) is 10.2 Å². The van der Waals surface area contributed by atoms with Crippen LogP contribution in [0.3, 0.4) is 0 Å². The zero-order chi connectivity index (χ0) is 18.5. The summed E-state index contributed by atoms with van der Waals surface area (Å²) in [7, 11) is 1.88. The number of ether oxygens (including phenoxy) is 1. The van der Waals surface area contributed by atoms with Gasteiger partial charge in [0.05, 0.1) is 6.10 Å². The van der Waals surface area contributed by atoms with E-state index in [1.807, 2.05) is 7.05 Å². The topological polar surface area (TPSA) is 36.9 Å². The lowest BCUT2D eigenvalue weighted by Gasteiger charge is -2.35. The Kier molecular flexibility index (Phi) is 5.73. The van der Waals surface area contributed by atoms with Crippen molar-refractivity contribution in [2.24, 2.45) is 10.9 Å². The van der Waals surface area contributed by atoms with Gasteiger partial charge in [0, 0.05) is 39.2 Å². The Labute approximate surface area is 162 Å². The Balaban J connectivity index is 1.40. The monoisotopic (exact) mass is 363 g/mol. The van der Waals surface area contributed by atoms with Gasteiger partial charge in [-0.2, -0.15) is 0 Å². The summed E-state index contributed by atoms with van der Waals surface area (Å²) in [5.74, 6) is 1.47. The molecule has 4 nitrogen and oxygen atoms in total. The van der Waals surface area contributed by atoms with Crippen molar-refractivity contribution in [3.05, 3.63) is 71.3 Å². The fourth-order valence-corrected chi connectivity index (χ4v) is 4.29. The summed E-state index contributed by atoms with van der Waals surface area (Å²) in [6.07, 6.45) is 3.57. The lowest BCUT2D eigenvalue weighted by atomic mass is 9.89. The van der Waals surface area contributed by atoms with E-state index in [9.17, 15) is 0 Å². The van der Waals surface area contributed by atoms with Crippen LogP contribution in [0.2, 0.25) is 0 Å². The van der Waals surface area contributed by atoms with Gasteiger partial charge in [-0.1, -0.05) is 54.6 Å². The van der Waals surface area contributed by atoms with E-state index < -0.39 is 0 Å². The Morgan fingerprint density at radius 3 is 2.70 bits per heavy atom. The van der Waals surface area contributed by atoms with Crippen molar-refractivity contribution >= 4 is 5.96 Å². The average molecular weight is 364 g/mol. The van der Waals surface area contributed by atoms with Gasteiger partial charge in [-0.3, -0.25) is 4.99 Å². The number of nitrogens with zero attached hydrogens (tertiary/aromatic N) is 2. The molecule has 4 heteroatoms. The predicted molar refractivity (Wildman–Crippen MR) is 110 cm³/mol. The standard InChI is InChI=1S/C23H29N3O/c1-24-23(26-14-13-18-8-5-6-11-21(18)17-26)25-16-20-12-7-15-27-22(20)19-9-3-2-4-10-19/h2-6,8-11,20,22H,7,12-17H2,1H3,(H,24,25). The highest BCUT2D eigenvalue weighted by molar-refractivity contribution is 5.80. The van der Waals surface area contributed by atoms with Crippen LogP contribution in [0.25, 0.3) is 0 Å². The third-order valence-electron chi connectivity index (χ3n) is 5.74. The molecule has 0 saturated carbocycles. The summed E-state index contributed by atoms with van der Waals surface area (Å²) >= 11 is 0. The molecule has 2 aliphatic rings. The van der Waals surface area contributed by atoms with Crippen LogP contribution < -0.4 is 5.32 Å². The normalized spacial score (nSPS) is 23.0. The number of fused-ring (bicyclic) bond motifs is 1. The fourth-order valence-electron chi connectivity index (χ4n) is 4.29. The number of hydrogen-bond acceptors (Lipinski definition) is 2. The lowest BCUT2D eigenvalue weighted by molar-refractivity contribution is -0.0267. The minimum Gasteiger partial charge on any atom is -0.373 e. The van der Waals surface area contributed by atoms with E-state index in [1.165, 1.54) is 23.1 Å². The first kappa shape index (κ1) is 18.1. The van der Waals surface area contributed by atoms with Gasteiger partial charge in [-0.15, -0.1) is 0 Å². The van der Waals surface area contributed by atoms with Crippen LogP contribution in [0.15, 0.2) is 59.6 Å². The van der Waals surface area contributed by atoms with E-state index in [0.717, 1.165) is 45.0 Å². The first-order valence-corrected chi connectivity index (χ1v) is 10.0. The molecule has 2 atom stereocenters. The third-order valence-corrected chi connectivity index (χ3v) is 5.74. The van der Waals surface area contributed by atoms with Gasteiger partial charge in [0.1, 0.15) is 0 Å². The van der Waals surface area contributed by atoms with Gasteiger partial charge in [-0.25, -0.2) is 0 Å². The van der Waals surface area contributed by atoms with Crippen molar-refractivity contribution in [2.75, 3.05) is 26.7 Å². The van der Waals surface area contributed by atoms with Crippen LogP contribution in [0.5, 0.6) is 0 Å². The molecule has 0 spiro atoms. The molecule has 2 aromatic rings. The van der Waals surface area contributed by atoms with E-state index in [0.29, 0.717) is 5.92 Å². The van der Waals surface area contributed by atoms with E-state index in [-0.39, 0.29) is 6.10 Å².